The molecule has 2 aliphatic rings. The number of fused-ring (bicyclic) bond motifs is 1. The van der Waals surface area contributed by atoms with E-state index in [2.05, 4.69) is 24.7 Å². The summed E-state index contributed by atoms with van der Waals surface area (Å²) in [6.45, 7) is -0.949. The monoisotopic (exact) mass is 526 g/mol. The molecule has 4 N–H and O–H groups in total. The third-order valence-corrected chi connectivity index (χ3v) is 7.01. The van der Waals surface area contributed by atoms with Crippen molar-refractivity contribution in [2.24, 2.45) is 5.16 Å². The third-order valence-electron chi connectivity index (χ3n) is 5.13. The zero-order chi connectivity index (χ0) is 25.1. The molecule has 186 valence electrons. The summed E-state index contributed by atoms with van der Waals surface area (Å²) in [6.07, 6.45) is 3.44. The Labute approximate surface area is 205 Å². The number of aromatic nitrogens is 4. The van der Waals surface area contributed by atoms with Crippen molar-refractivity contribution in [3.05, 3.63) is 35.6 Å². The number of halogens is 1. The zero-order valence-electron chi connectivity index (χ0n) is 17.9. The number of aliphatic hydroxyl groups excluding tert-OH is 1. The van der Waals surface area contributed by atoms with E-state index in [1.54, 1.807) is 27.8 Å². The Morgan fingerprint density at radius 2 is 2.29 bits per heavy atom. The highest BCUT2D eigenvalue weighted by Crippen LogP contribution is 2.40. The number of rotatable bonds is 10. The van der Waals surface area contributed by atoms with Crippen molar-refractivity contribution < 1.29 is 38.5 Å². The lowest BCUT2D eigenvalue weighted by Gasteiger charge is -2.50. The number of nitrogens with zero attached hydrogens (tertiary/aromatic N) is 6. The number of carboxylic acid groups (broad SMARTS) is 1. The van der Waals surface area contributed by atoms with Crippen LogP contribution in [0.3, 0.4) is 0 Å². The molecular weight excluding hydrogens is 507 g/mol. The van der Waals surface area contributed by atoms with E-state index in [1.165, 1.54) is 11.8 Å². The Morgan fingerprint density at radius 3 is 2.94 bits per heavy atom. The number of aliphatic hydroxyl groups is 1. The van der Waals surface area contributed by atoms with Crippen LogP contribution in [0.5, 0.6) is 0 Å². The Morgan fingerprint density at radius 1 is 1.49 bits per heavy atom. The number of nitrogens with one attached hydrogen (secondary N) is 1. The van der Waals surface area contributed by atoms with E-state index in [-0.39, 0.29) is 35.6 Å². The summed E-state index contributed by atoms with van der Waals surface area (Å²) in [5, 5.41) is 26.3. The second-order valence-corrected chi connectivity index (χ2v) is 9.10. The highest BCUT2D eigenvalue weighted by atomic mass is 32.2. The maximum Gasteiger partial charge on any atom is 0.278 e. The van der Waals surface area contributed by atoms with Crippen LogP contribution in [-0.4, -0.2) is 78.2 Å². The lowest BCUT2D eigenvalue weighted by molar-refractivity contribution is -0.768. The molecule has 0 unspecified atom stereocenters. The predicted octanol–water partition coefficient (Wildman–Crippen LogP) is -3.05. The first kappa shape index (κ1) is 24.6. The molecule has 2 aromatic rings. The van der Waals surface area contributed by atoms with Crippen molar-refractivity contribution >= 4 is 51.9 Å². The van der Waals surface area contributed by atoms with Crippen molar-refractivity contribution in [1.82, 2.24) is 24.3 Å². The number of nitrogens with two attached hydrogens (primary N) is 1. The van der Waals surface area contributed by atoms with Gasteiger partial charge in [-0.2, -0.15) is 14.0 Å². The first-order valence-electron chi connectivity index (χ1n) is 10.1. The standard InChI is InChI=1S/C18H19FN8O6S2/c19-8-33-23-10(13-22-18(20)35-24-13)14(29)21-11-15(30)27-12(17(31)32)9(7-34-16(11)27)6-26-3-1-2-25(26)4-5-28/h1-3,11,16,28H,4-8H2,(H3-,20,21,22,24,29,31,32)/b23-10-/t11-,16-/m1/s1. The maximum absolute atomic E-state index is 12.9. The number of nitrogen functional groups attached to an aromatic ring is 1. The number of thioether (sulfide) groups is 1. The van der Waals surface area contributed by atoms with E-state index < -0.39 is 41.8 Å². The molecule has 2 aromatic heterocycles. The van der Waals surface area contributed by atoms with Gasteiger partial charge in [-0.1, -0.05) is 5.16 Å². The lowest BCUT2D eigenvalue weighted by Crippen LogP contribution is -2.71. The second kappa shape index (κ2) is 10.4. The fourth-order valence-corrected chi connectivity index (χ4v) is 5.43. The van der Waals surface area contributed by atoms with Gasteiger partial charge in [0.2, 0.25) is 11.5 Å². The fraction of sp³-hybridized carbons (Fsp3) is 0.389. The van der Waals surface area contributed by atoms with Crippen molar-refractivity contribution in [1.29, 1.82) is 0 Å². The molecule has 1 saturated heterocycles. The van der Waals surface area contributed by atoms with Crippen LogP contribution in [0.1, 0.15) is 5.82 Å². The lowest BCUT2D eigenvalue weighted by atomic mass is 10.0. The van der Waals surface area contributed by atoms with Gasteiger partial charge < -0.3 is 30.9 Å². The number of hydrogen-bond donors (Lipinski definition) is 3. The highest BCUT2D eigenvalue weighted by molar-refractivity contribution is 8.00. The summed E-state index contributed by atoms with van der Waals surface area (Å²) in [6, 6.07) is 0.658. The summed E-state index contributed by atoms with van der Waals surface area (Å²) in [5.41, 5.74) is 5.21. The van der Waals surface area contributed by atoms with Gasteiger partial charge >= 0.3 is 0 Å². The summed E-state index contributed by atoms with van der Waals surface area (Å²) in [5.74, 6) is -3.07. The quantitative estimate of drug-likeness (QED) is 0.124. The minimum Gasteiger partial charge on any atom is -0.543 e. The highest BCUT2D eigenvalue weighted by Gasteiger charge is 2.53. The Hall–Kier alpha value is -3.57. The van der Waals surface area contributed by atoms with Crippen molar-refractivity contribution in [2.45, 2.75) is 24.5 Å². The van der Waals surface area contributed by atoms with Gasteiger partial charge in [0, 0.05) is 28.9 Å². The average Bonchev–Trinajstić information content (AvgIpc) is 3.46. The van der Waals surface area contributed by atoms with Crippen LogP contribution in [0.25, 0.3) is 0 Å². The minimum absolute atomic E-state index is 0.0359. The molecule has 35 heavy (non-hydrogen) atoms. The minimum atomic E-state index is -1.52. The molecule has 14 nitrogen and oxygen atoms in total. The van der Waals surface area contributed by atoms with E-state index in [9.17, 15) is 29.0 Å². The van der Waals surface area contributed by atoms with E-state index in [0.717, 1.165) is 16.4 Å². The first-order valence-corrected chi connectivity index (χ1v) is 11.9. The van der Waals surface area contributed by atoms with E-state index in [4.69, 9.17) is 5.73 Å². The average molecular weight is 527 g/mol. The summed E-state index contributed by atoms with van der Waals surface area (Å²) in [4.78, 5) is 46.8. The van der Waals surface area contributed by atoms with Crippen LogP contribution in [0.2, 0.25) is 0 Å². The number of hydrogen-bond acceptors (Lipinski definition) is 12. The largest absolute Gasteiger partial charge is 0.543 e. The Balaban J connectivity index is 1.53. The number of anilines is 1. The molecule has 2 amide bonds. The van der Waals surface area contributed by atoms with Crippen molar-refractivity contribution in [2.75, 3.05) is 25.0 Å². The van der Waals surface area contributed by atoms with Gasteiger partial charge in [0.05, 0.1) is 24.5 Å². The van der Waals surface area contributed by atoms with Crippen LogP contribution >= 0.6 is 23.3 Å². The van der Waals surface area contributed by atoms with Gasteiger partial charge in [-0.3, -0.25) is 14.5 Å². The van der Waals surface area contributed by atoms with Crippen molar-refractivity contribution in [3.63, 3.8) is 0 Å². The van der Waals surface area contributed by atoms with Gasteiger partial charge in [-0.15, -0.1) is 16.4 Å². The summed E-state index contributed by atoms with van der Waals surface area (Å²) >= 11 is 2.04. The zero-order valence-corrected chi connectivity index (χ0v) is 19.5. The van der Waals surface area contributed by atoms with Crippen LogP contribution in [0.4, 0.5) is 9.52 Å². The summed E-state index contributed by atoms with van der Waals surface area (Å²) in [7, 11) is 0. The topological polar surface area (TPSA) is 192 Å². The van der Waals surface area contributed by atoms with Gasteiger partial charge in [0.25, 0.3) is 18.7 Å². The molecule has 0 aliphatic carbocycles. The van der Waals surface area contributed by atoms with E-state index in [1.807, 2.05) is 0 Å². The molecule has 0 bridgehead atoms. The molecule has 0 radical (unpaired) electrons. The van der Waals surface area contributed by atoms with Gasteiger partial charge in [-0.25, -0.2) is 4.39 Å². The number of carbonyl (C=O) groups excluding carboxylic acids is 3. The van der Waals surface area contributed by atoms with Gasteiger partial charge in [-0.05, 0) is 0 Å². The fourth-order valence-electron chi connectivity index (χ4n) is 3.66. The molecule has 0 aromatic carbocycles. The van der Waals surface area contributed by atoms with E-state index >= 15 is 0 Å². The normalized spacial score (nSPS) is 19.9. The molecule has 2 aliphatic heterocycles. The van der Waals surface area contributed by atoms with Gasteiger partial charge in [0.1, 0.15) is 18.0 Å². The van der Waals surface area contributed by atoms with Crippen LogP contribution in [-0.2, 0) is 32.3 Å². The Kier molecular flexibility index (Phi) is 7.27. The third kappa shape index (κ3) is 4.82. The molecule has 4 heterocycles. The molecule has 0 spiro atoms. The van der Waals surface area contributed by atoms with Crippen LogP contribution in [0, 0.1) is 0 Å². The predicted molar refractivity (Wildman–Crippen MR) is 117 cm³/mol. The Bertz CT molecular complexity index is 1210. The maximum atomic E-state index is 12.9. The molecule has 0 saturated carbocycles. The van der Waals surface area contributed by atoms with Crippen molar-refractivity contribution in [3.8, 4) is 0 Å². The smallest absolute Gasteiger partial charge is 0.278 e. The molecular formula is C18H19FN8O6S2. The number of β-lactam (4-membered cyclic amide) rings is 1. The number of aliphatic carboxylic acids is 1. The number of alkyl halides is 1. The number of amides is 2. The summed E-state index contributed by atoms with van der Waals surface area (Å²) < 4.78 is 19.7. The number of carboxylic acids is 1. The van der Waals surface area contributed by atoms with Crippen LogP contribution in [0.15, 0.2) is 34.9 Å². The molecule has 2 atom stereocenters. The first-order chi connectivity index (χ1) is 16.8. The van der Waals surface area contributed by atoms with Gasteiger partial charge in [0.15, 0.2) is 17.9 Å². The van der Waals surface area contributed by atoms with E-state index in [0.29, 0.717) is 12.1 Å². The van der Waals surface area contributed by atoms with Crippen LogP contribution < -0.4 is 20.8 Å². The molecule has 1 fully saturated rings. The molecule has 17 heteroatoms. The SMILES string of the molecule is Nc1nc(/C(=N/OCF)C(=O)N[C@@H]2C(=O)N3C(C(=O)[O-])=C(C[n+]4cccn4CCO)CS[C@H]23)ns1. The number of carbonyl (C=O) groups is 3. The molecule has 4 rings (SSSR count). The number of oxime groups is 1. The second-order valence-electron chi connectivity index (χ2n) is 7.21.